The van der Waals surface area contributed by atoms with Crippen molar-refractivity contribution in [3.05, 3.63) is 70.2 Å². The van der Waals surface area contributed by atoms with Gasteiger partial charge in [-0.2, -0.15) is 0 Å². The topological polar surface area (TPSA) is 0 Å². The summed E-state index contributed by atoms with van der Waals surface area (Å²) in [5.41, 5.74) is 3.92. The first-order valence-electron chi connectivity index (χ1n) is 5.81. The third-order valence-electron chi connectivity index (χ3n) is 2.74. The van der Waals surface area contributed by atoms with E-state index in [1.807, 2.05) is 0 Å². The maximum atomic E-state index is 3.45. The van der Waals surface area contributed by atoms with Crippen molar-refractivity contribution < 1.29 is 0 Å². The lowest BCUT2D eigenvalue weighted by atomic mass is 10.0. The molecule has 2 aromatic rings. The van der Waals surface area contributed by atoms with E-state index in [1.165, 1.54) is 16.7 Å². The van der Waals surface area contributed by atoms with Gasteiger partial charge in [-0.3, -0.25) is 0 Å². The van der Waals surface area contributed by atoms with Crippen molar-refractivity contribution in [2.24, 2.45) is 0 Å². The summed E-state index contributed by atoms with van der Waals surface area (Å²) >= 11 is 3.45. The number of hydrogen-bond donors (Lipinski definition) is 0. The third-order valence-corrected chi connectivity index (χ3v) is 3.27. The summed E-state index contributed by atoms with van der Waals surface area (Å²) in [4.78, 5) is 0. The number of allylic oxidation sites excluding steroid dienone is 1. The van der Waals surface area contributed by atoms with E-state index in [2.05, 4.69) is 83.5 Å². The van der Waals surface area contributed by atoms with Gasteiger partial charge in [0.1, 0.15) is 0 Å². The van der Waals surface area contributed by atoms with E-state index in [4.69, 9.17) is 0 Å². The van der Waals surface area contributed by atoms with Gasteiger partial charge in [0.2, 0.25) is 0 Å². The number of rotatable bonds is 3. The van der Waals surface area contributed by atoms with Crippen LogP contribution in [0.15, 0.2) is 59.1 Å². The molecule has 0 spiro atoms. The summed E-state index contributed by atoms with van der Waals surface area (Å²) in [5.74, 6) is 0. The summed E-state index contributed by atoms with van der Waals surface area (Å²) in [5, 5.41) is 0. The fraction of sp³-hybridized carbons (Fsp3) is 0.125. The zero-order valence-corrected chi connectivity index (χ0v) is 11.4. The van der Waals surface area contributed by atoms with Crippen LogP contribution in [0.25, 0.3) is 11.6 Å². The van der Waals surface area contributed by atoms with E-state index < -0.39 is 0 Å². The average Bonchev–Trinajstić information content (AvgIpc) is 2.39. The summed E-state index contributed by atoms with van der Waals surface area (Å²) in [6, 6.07) is 18.9. The van der Waals surface area contributed by atoms with Crippen molar-refractivity contribution >= 4 is 27.6 Å². The maximum absolute atomic E-state index is 3.45. The summed E-state index contributed by atoms with van der Waals surface area (Å²) in [7, 11) is 0. The van der Waals surface area contributed by atoms with Gasteiger partial charge in [0.05, 0.1) is 0 Å². The first-order valence-corrected chi connectivity index (χ1v) is 6.60. The fourth-order valence-corrected chi connectivity index (χ4v) is 2.07. The van der Waals surface area contributed by atoms with E-state index in [0.717, 1.165) is 10.9 Å². The molecule has 0 radical (unpaired) electrons. The Hall–Kier alpha value is -1.34. The third kappa shape index (κ3) is 3.31. The predicted molar refractivity (Wildman–Crippen MR) is 78.7 cm³/mol. The van der Waals surface area contributed by atoms with Crippen LogP contribution in [0.2, 0.25) is 0 Å². The Labute approximate surface area is 111 Å². The van der Waals surface area contributed by atoms with Gasteiger partial charge < -0.3 is 0 Å². The molecular weight excluding hydrogens is 272 g/mol. The van der Waals surface area contributed by atoms with Crippen LogP contribution < -0.4 is 0 Å². The Kier molecular flexibility index (Phi) is 4.16. The molecule has 0 atom stereocenters. The Morgan fingerprint density at radius 2 is 1.65 bits per heavy atom. The van der Waals surface area contributed by atoms with E-state index in [1.54, 1.807) is 0 Å². The molecule has 0 saturated carbocycles. The summed E-state index contributed by atoms with van der Waals surface area (Å²) in [6.07, 6.45) is 3.29. The van der Waals surface area contributed by atoms with Crippen LogP contribution in [0.4, 0.5) is 0 Å². The minimum Gasteiger partial charge on any atom is -0.0622 e. The van der Waals surface area contributed by atoms with Gasteiger partial charge in [-0.25, -0.2) is 0 Å². The molecule has 86 valence electrons. The van der Waals surface area contributed by atoms with Gasteiger partial charge in [0.15, 0.2) is 0 Å². The number of benzene rings is 2. The van der Waals surface area contributed by atoms with Crippen molar-refractivity contribution in [3.63, 3.8) is 0 Å². The molecule has 2 rings (SSSR count). The van der Waals surface area contributed by atoms with Gasteiger partial charge in [-0.1, -0.05) is 71.4 Å². The van der Waals surface area contributed by atoms with Crippen molar-refractivity contribution in [1.29, 1.82) is 0 Å². The molecule has 0 N–H and O–H groups in total. The first-order chi connectivity index (χ1) is 8.29. The molecule has 0 heterocycles. The van der Waals surface area contributed by atoms with Gasteiger partial charge in [0, 0.05) is 4.47 Å². The monoisotopic (exact) mass is 286 g/mol. The molecule has 0 aliphatic heterocycles. The molecule has 0 aliphatic rings. The highest BCUT2D eigenvalue weighted by Gasteiger charge is 1.98. The van der Waals surface area contributed by atoms with Gasteiger partial charge in [-0.15, -0.1) is 0 Å². The fourth-order valence-electron chi connectivity index (χ4n) is 1.80. The van der Waals surface area contributed by atoms with E-state index in [-0.39, 0.29) is 0 Å². The van der Waals surface area contributed by atoms with Crippen LogP contribution in [0.5, 0.6) is 0 Å². The molecule has 1 heteroatoms. The molecule has 0 bridgehead atoms. The average molecular weight is 287 g/mol. The zero-order chi connectivity index (χ0) is 12.1. The van der Waals surface area contributed by atoms with Crippen LogP contribution >= 0.6 is 15.9 Å². The van der Waals surface area contributed by atoms with Crippen molar-refractivity contribution in [2.75, 3.05) is 0 Å². The van der Waals surface area contributed by atoms with Crippen molar-refractivity contribution in [2.45, 2.75) is 13.3 Å². The van der Waals surface area contributed by atoms with Crippen LogP contribution in [-0.4, -0.2) is 0 Å². The lowest BCUT2D eigenvalue weighted by Crippen LogP contribution is -1.82. The Bertz CT molecular complexity index is 495. The summed E-state index contributed by atoms with van der Waals surface area (Å²) < 4.78 is 1.12. The van der Waals surface area contributed by atoms with Crippen LogP contribution in [0, 0.1) is 0 Å². The minimum atomic E-state index is 1.04. The molecule has 17 heavy (non-hydrogen) atoms. The van der Waals surface area contributed by atoms with Gasteiger partial charge >= 0.3 is 0 Å². The predicted octanol–water partition coefficient (Wildman–Crippen LogP) is 5.40. The Balaban J connectivity index is 2.33. The Morgan fingerprint density at radius 1 is 1.00 bits per heavy atom. The second-order valence-corrected chi connectivity index (χ2v) is 4.86. The molecule has 0 nitrogen and oxygen atoms in total. The number of halogens is 1. The van der Waals surface area contributed by atoms with E-state index >= 15 is 0 Å². The lowest BCUT2D eigenvalue weighted by molar-refractivity contribution is 1.25. The molecule has 0 unspecified atom stereocenters. The SMILES string of the molecule is CC/C(=C\c1ccc(Br)cc1)c1ccccc1. The normalized spacial score (nSPS) is 11.5. The molecule has 0 aliphatic carbocycles. The summed E-state index contributed by atoms with van der Waals surface area (Å²) in [6.45, 7) is 2.19. The molecule has 0 fully saturated rings. The second-order valence-electron chi connectivity index (χ2n) is 3.94. The maximum Gasteiger partial charge on any atom is 0.0175 e. The number of hydrogen-bond acceptors (Lipinski definition) is 0. The van der Waals surface area contributed by atoms with Crippen LogP contribution in [0.1, 0.15) is 24.5 Å². The second kappa shape index (κ2) is 5.83. The smallest absolute Gasteiger partial charge is 0.0175 e. The van der Waals surface area contributed by atoms with Crippen molar-refractivity contribution in [1.82, 2.24) is 0 Å². The molecular formula is C16H15Br. The molecule has 2 aromatic carbocycles. The Morgan fingerprint density at radius 3 is 2.24 bits per heavy atom. The van der Waals surface area contributed by atoms with Crippen LogP contribution in [-0.2, 0) is 0 Å². The molecule has 0 saturated heterocycles. The standard InChI is InChI=1S/C16H15Br/c1-2-14(15-6-4-3-5-7-15)12-13-8-10-16(17)11-9-13/h3-12H,2H2,1H3/b14-12+. The van der Waals surface area contributed by atoms with Gasteiger partial charge in [-0.05, 0) is 35.3 Å². The van der Waals surface area contributed by atoms with Crippen molar-refractivity contribution in [3.8, 4) is 0 Å². The highest BCUT2D eigenvalue weighted by Crippen LogP contribution is 2.22. The lowest BCUT2D eigenvalue weighted by Gasteiger charge is -2.05. The van der Waals surface area contributed by atoms with E-state index in [9.17, 15) is 0 Å². The van der Waals surface area contributed by atoms with Crippen LogP contribution in [0.3, 0.4) is 0 Å². The quantitative estimate of drug-likeness (QED) is 0.663. The largest absolute Gasteiger partial charge is 0.0622 e. The minimum absolute atomic E-state index is 1.04. The molecule has 0 amide bonds. The first kappa shape index (κ1) is 12.1. The molecule has 0 aromatic heterocycles. The zero-order valence-electron chi connectivity index (χ0n) is 9.86. The van der Waals surface area contributed by atoms with Gasteiger partial charge in [0.25, 0.3) is 0 Å². The highest BCUT2D eigenvalue weighted by atomic mass is 79.9. The van der Waals surface area contributed by atoms with E-state index in [0.29, 0.717) is 0 Å². The highest BCUT2D eigenvalue weighted by molar-refractivity contribution is 9.10.